The maximum Gasteiger partial charge on any atom is 0.284 e. The number of hydrogen-bond donors (Lipinski definition) is 2. The molecule has 0 spiro atoms. The highest BCUT2D eigenvalue weighted by atomic mass is 32.1. The summed E-state index contributed by atoms with van der Waals surface area (Å²) in [5.41, 5.74) is 0.413. The molecule has 1 saturated heterocycles. The van der Waals surface area contributed by atoms with E-state index >= 15 is 0 Å². The van der Waals surface area contributed by atoms with Gasteiger partial charge in [-0.2, -0.15) is 0 Å². The van der Waals surface area contributed by atoms with Crippen molar-refractivity contribution in [1.29, 1.82) is 0 Å². The maximum absolute atomic E-state index is 11.6. The van der Waals surface area contributed by atoms with Crippen LogP contribution in [0.5, 0.6) is 5.75 Å². The molecule has 1 aromatic carbocycles. The van der Waals surface area contributed by atoms with Crippen LogP contribution in [0.15, 0.2) is 40.4 Å². The summed E-state index contributed by atoms with van der Waals surface area (Å²) in [5.74, 6) is 0.669. The second-order valence-electron chi connectivity index (χ2n) is 4.81. The fourth-order valence-corrected chi connectivity index (χ4v) is 2.40. The van der Waals surface area contributed by atoms with E-state index in [0.29, 0.717) is 22.8 Å². The number of methoxy groups -OCH3 is 1. The Hall–Kier alpha value is -3.20. The molecule has 1 aliphatic heterocycles. The van der Waals surface area contributed by atoms with Crippen LogP contribution in [-0.4, -0.2) is 23.1 Å². The standard InChI is InChI=1S/C15H11N3O5S/c1-22-8-2-4-10(12(7-8)18(20)21)13-5-3-9(23-13)6-11-14(19)17-15(24)16-11/h2-7H,1H3,(H2,16,17,19,24). The molecule has 122 valence electrons. The summed E-state index contributed by atoms with van der Waals surface area (Å²) in [6.45, 7) is 0. The van der Waals surface area contributed by atoms with Crippen LogP contribution >= 0.6 is 12.2 Å². The van der Waals surface area contributed by atoms with E-state index in [2.05, 4.69) is 10.6 Å². The molecule has 0 aliphatic carbocycles. The second-order valence-corrected chi connectivity index (χ2v) is 5.22. The van der Waals surface area contributed by atoms with E-state index in [1.54, 1.807) is 24.3 Å². The van der Waals surface area contributed by atoms with E-state index in [9.17, 15) is 14.9 Å². The summed E-state index contributed by atoms with van der Waals surface area (Å²) in [5, 5.41) is 16.6. The molecule has 9 heteroatoms. The minimum Gasteiger partial charge on any atom is -0.497 e. The topological polar surface area (TPSA) is 107 Å². The van der Waals surface area contributed by atoms with E-state index in [1.165, 1.54) is 19.3 Å². The van der Waals surface area contributed by atoms with Crippen molar-refractivity contribution in [2.24, 2.45) is 0 Å². The maximum atomic E-state index is 11.6. The third kappa shape index (κ3) is 2.97. The van der Waals surface area contributed by atoms with Gasteiger partial charge in [0.05, 0.1) is 23.7 Å². The molecule has 1 amide bonds. The summed E-state index contributed by atoms with van der Waals surface area (Å²) in [6, 6.07) is 7.66. The molecular formula is C15H11N3O5S. The Labute approximate surface area is 141 Å². The number of furan rings is 1. The van der Waals surface area contributed by atoms with Gasteiger partial charge in [0.25, 0.3) is 11.6 Å². The monoisotopic (exact) mass is 345 g/mol. The number of amides is 1. The van der Waals surface area contributed by atoms with Gasteiger partial charge in [-0.1, -0.05) is 0 Å². The predicted octanol–water partition coefficient (Wildman–Crippen LogP) is 2.21. The number of ether oxygens (including phenoxy) is 1. The first kappa shape index (κ1) is 15.7. The van der Waals surface area contributed by atoms with Crippen LogP contribution in [0.25, 0.3) is 17.4 Å². The van der Waals surface area contributed by atoms with Gasteiger partial charge < -0.3 is 14.5 Å². The molecule has 0 bridgehead atoms. The van der Waals surface area contributed by atoms with Crippen LogP contribution in [0.3, 0.4) is 0 Å². The van der Waals surface area contributed by atoms with Crippen molar-refractivity contribution in [3.05, 3.63) is 51.9 Å². The molecule has 8 nitrogen and oxygen atoms in total. The van der Waals surface area contributed by atoms with Crippen molar-refractivity contribution >= 4 is 35.0 Å². The van der Waals surface area contributed by atoms with Gasteiger partial charge in [-0.15, -0.1) is 0 Å². The van der Waals surface area contributed by atoms with Crippen molar-refractivity contribution in [2.75, 3.05) is 7.11 Å². The zero-order chi connectivity index (χ0) is 17.3. The van der Waals surface area contributed by atoms with Crippen molar-refractivity contribution in [3.63, 3.8) is 0 Å². The van der Waals surface area contributed by atoms with Crippen LogP contribution in [0, 0.1) is 10.1 Å². The largest absolute Gasteiger partial charge is 0.497 e. The lowest BCUT2D eigenvalue weighted by atomic mass is 10.1. The zero-order valence-corrected chi connectivity index (χ0v) is 13.2. The van der Waals surface area contributed by atoms with E-state index in [1.807, 2.05) is 0 Å². The number of carbonyl (C=O) groups excluding carboxylic acids is 1. The fourth-order valence-electron chi connectivity index (χ4n) is 2.20. The number of benzene rings is 1. The third-order valence-corrected chi connectivity index (χ3v) is 3.50. The fraction of sp³-hybridized carbons (Fsp3) is 0.0667. The van der Waals surface area contributed by atoms with Gasteiger partial charge in [0.1, 0.15) is 23.0 Å². The zero-order valence-electron chi connectivity index (χ0n) is 12.4. The third-order valence-electron chi connectivity index (χ3n) is 3.30. The number of carbonyl (C=O) groups is 1. The number of nitrogens with one attached hydrogen (secondary N) is 2. The van der Waals surface area contributed by atoms with Crippen molar-refractivity contribution in [2.45, 2.75) is 0 Å². The Balaban J connectivity index is 1.97. The van der Waals surface area contributed by atoms with Gasteiger partial charge in [-0.25, -0.2) is 0 Å². The number of hydrogen-bond acceptors (Lipinski definition) is 6. The molecule has 24 heavy (non-hydrogen) atoms. The highest BCUT2D eigenvalue weighted by Crippen LogP contribution is 2.34. The minimum atomic E-state index is -0.511. The highest BCUT2D eigenvalue weighted by Gasteiger charge is 2.22. The number of rotatable bonds is 4. The molecule has 2 N–H and O–H groups in total. The quantitative estimate of drug-likeness (QED) is 0.379. The van der Waals surface area contributed by atoms with Crippen LogP contribution in [0.2, 0.25) is 0 Å². The normalized spacial score (nSPS) is 15.3. The number of nitro benzene ring substituents is 1. The van der Waals surface area contributed by atoms with Crippen molar-refractivity contribution in [1.82, 2.24) is 10.6 Å². The van der Waals surface area contributed by atoms with E-state index in [4.69, 9.17) is 21.4 Å². The highest BCUT2D eigenvalue weighted by molar-refractivity contribution is 7.80. The number of thiocarbonyl (C=S) groups is 1. The lowest BCUT2D eigenvalue weighted by Crippen LogP contribution is -2.21. The molecule has 0 radical (unpaired) electrons. The van der Waals surface area contributed by atoms with Crippen molar-refractivity contribution < 1.29 is 18.9 Å². The van der Waals surface area contributed by atoms with Gasteiger partial charge in [-0.05, 0) is 36.5 Å². The van der Waals surface area contributed by atoms with Gasteiger partial charge >= 0.3 is 0 Å². The molecule has 0 saturated carbocycles. The molecule has 1 fully saturated rings. The SMILES string of the molecule is COc1ccc(-c2ccc(C=C3NC(=S)NC3=O)o2)c([N+](=O)[O-])c1. The Morgan fingerprint density at radius 2 is 2.08 bits per heavy atom. The van der Waals surface area contributed by atoms with E-state index in [-0.39, 0.29) is 22.4 Å². The van der Waals surface area contributed by atoms with Crippen LogP contribution in [-0.2, 0) is 4.79 Å². The smallest absolute Gasteiger partial charge is 0.284 e. The summed E-state index contributed by atoms with van der Waals surface area (Å²) in [6.07, 6.45) is 1.47. The van der Waals surface area contributed by atoms with Gasteiger partial charge in [0.2, 0.25) is 0 Å². The van der Waals surface area contributed by atoms with E-state index < -0.39 is 4.92 Å². The van der Waals surface area contributed by atoms with Crippen LogP contribution < -0.4 is 15.4 Å². The lowest BCUT2D eigenvalue weighted by Gasteiger charge is -2.03. The lowest BCUT2D eigenvalue weighted by molar-refractivity contribution is -0.384. The molecule has 1 aromatic heterocycles. The van der Waals surface area contributed by atoms with Gasteiger partial charge in [0, 0.05) is 6.08 Å². The Bertz CT molecular complexity index is 887. The molecule has 1 aliphatic rings. The Morgan fingerprint density at radius 1 is 1.29 bits per heavy atom. The van der Waals surface area contributed by atoms with Crippen LogP contribution in [0.1, 0.15) is 5.76 Å². The summed E-state index contributed by atoms with van der Waals surface area (Å²) < 4.78 is 10.6. The summed E-state index contributed by atoms with van der Waals surface area (Å²) in [7, 11) is 1.43. The molecule has 2 aromatic rings. The first-order valence-electron chi connectivity index (χ1n) is 6.74. The number of nitrogens with zero attached hydrogens (tertiary/aromatic N) is 1. The average Bonchev–Trinajstić information content (AvgIpc) is 3.13. The molecule has 0 unspecified atom stereocenters. The Morgan fingerprint density at radius 3 is 2.71 bits per heavy atom. The molecular weight excluding hydrogens is 334 g/mol. The minimum absolute atomic E-state index is 0.138. The first-order chi connectivity index (χ1) is 11.5. The second kappa shape index (κ2) is 6.13. The summed E-state index contributed by atoms with van der Waals surface area (Å²) >= 11 is 4.84. The average molecular weight is 345 g/mol. The molecule has 0 atom stereocenters. The molecule has 3 rings (SSSR count). The summed E-state index contributed by atoms with van der Waals surface area (Å²) in [4.78, 5) is 22.3. The van der Waals surface area contributed by atoms with Gasteiger partial charge in [0.15, 0.2) is 5.11 Å². The van der Waals surface area contributed by atoms with Crippen LogP contribution in [0.4, 0.5) is 5.69 Å². The molecule has 2 heterocycles. The predicted molar refractivity (Wildman–Crippen MR) is 89.2 cm³/mol. The Kier molecular flexibility index (Phi) is 4.00. The van der Waals surface area contributed by atoms with Gasteiger partial charge in [-0.3, -0.25) is 20.2 Å². The first-order valence-corrected chi connectivity index (χ1v) is 7.15. The van der Waals surface area contributed by atoms with E-state index in [0.717, 1.165) is 0 Å². The van der Waals surface area contributed by atoms with Crippen molar-refractivity contribution in [3.8, 4) is 17.1 Å². The number of nitro groups is 1.